The highest BCUT2D eigenvalue weighted by Crippen LogP contribution is 2.68. The van der Waals surface area contributed by atoms with Gasteiger partial charge in [-0.2, -0.15) is 0 Å². The van der Waals surface area contributed by atoms with Crippen molar-refractivity contribution in [1.82, 2.24) is 0 Å². The molecule has 3 nitrogen and oxygen atoms in total. The van der Waals surface area contributed by atoms with E-state index in [1.54, 1.807) is 0 Å². The normalized spacial score (nSPS) is 45.8. The summed E-state index contributed by atoms with van der Waals surface area (Å²) in [6.45, 7) is 12.4. The fourth-order valence-electron chi connectivity index (χ4n) is 9.61. The largest absolute Gasteiger partial charge is 0.459 e. The molecule has 190 valence electrons. The van der Waals surface area contributed by atoms with Gasteiger partial charge in [0, 0.05) is 0 Å². The van der Waals surface area contributed by atoms with E-state index in [2.05, 4.69) is 57.2 Å². The van der Waals surface area contributed by atoms with Crippen LogP contribution in [-0.2, 0) is 9.53 Å². The molecule has 4 saturated carbocycles. The van der Waals surface area contributed by atoms with Gasteiger partial charge in [0.15, 0.2) is 0 Å². The zero-order valence-electron chi connectivity index (χ0n) is 21.8. The van der Waals surface area contributed by atoms with E-state index >= 15 is 0 Å². The molecule has 4 aliphatic rings. The molecule has 0 spiro atoms. The van der Waals surface area contributed by atoms with E-state index < -0.39 is 6.10 Å². The molecule has 4 fully saturated rings. The first-order chi connectivity index (χ1) is 15.6. The van der Waals surface area contributed by atoms with Gasteiger partial charge in [-0.25, -0.2) is 0 Å². The van der Waals surface area contributed by atoms with Gasteiger partial charge in [-0.15, -0.1) is 0 Å². The van der Waals surface area contributed by atoms with Crippen LogP contribution >= 0.6 is 22.6 Å². The van der Waals surface area contributed by atoms with E-state index in [1.165, 1.54) is 57.8 Å². The molecule has 0 bridgehead atoms. The zero-order chi connectivity index (χ0) is 24.0. The van der Waals surface area contributed by atoms with Crippen LogP contribution < -0.4 is 0 Å². The molecule has 0 amide bonds. The molecule has 0 aliphatic heterocycles. The summed E-state index contributed by atoms with van der Waals surface area (Å²) >= 11 is 2.06. The van der Waals surface area contributed by atoms with Crippen molar-refractivity contribution in [2.45, 2.75) is 117 Å². The number of aliphatic hydroxyl groups is 1. The highest BCUT2D eigenvalue weighted by atomic mass is 127. The van der Waals surface area contributed by atoms with Gasteiger partial charge >= 0.3 is 5.97 Å². The number of carbonyl (C=O) groups excluding carboxylic acids is 1. The molecular weight excluding hydrogens is 523 g/mol. The number of halogens is 1. The maximum Gasteiger partial charge on any atom is 0.316 e. The molecule has 0 unspecified atom stereocenters. The van der Waals surface area contributed by atoms with Gasteiger partial charge in [-0.1, -0.05) is 76.5 Å². The van der Waals surface area contributed by atoms with Crippen LogP contribution in [0.2, 0.25) is 0 Å². The molecule has 0 aromatic rings. The third kappa shape index (κ3) is 4.91. The fraction of sp³-hybridized carbons (Fsp3) is 0.966. The maximum atomic E-state index is 11.9. The quantitative estimate of drug-likeness (QED) is 0.196. The summed E-state index contributed by atoms with van der Waals surface area (Å²) in [5.41, 5.74) is 0.727. The Hall–Kier alpha value is 0.160. The van der Waals surface area contributed by atoms with Crippen LogP contribution in [0.5, 0.6) is 0 Å². The van der Waals surface area contributed by atoms with E-state index in [0.29, 0.717) is 15.8 Å². The average Bonchev–Trinajstić information content (AvgIpc) is 3.11. The lowest BCUT2D eigenvalue weighted by molar-refractivity contribution is -0.181. The Labute approximate surface area is 216 Å². The van der Waals surface area contributed by atoms with E-state index in [9.17, 15) is 9.90 Å². The van der Waals surface area contributed by atoms with E-state index in [0.717, 1.165) is 48.3 Å². The van der Waals surface area contributed by atoms with Gasteiger partial charge in [0.2, 0.25) is 0 Å². The Morgan fingerprint density at radius 1 is 1.03 bits per heavy atom. The van der Waals surface area contributed by atoms with Crippen LogP contribution in [0.25, 0.3) is 0 Å². The predicted molar refractivity (Wildman–Crippen MR) is 143 cm³/mol. The molecule has 0 saturated heterocycles. The molecule has 4 heteroatoms. The highest BCUT2D eigenvalue weighted by molar-refractivity contribution is 14.1. The zero-order valence-corrected chi connectivity index (χ0v) is 24.0. The molecule has 10 atom stereocenters. The monoisotopic (exact) mass is 572 g/mol. The highest BCUT2D eigenvalue weighted by Gasteiger charge is 2.61. The summed E-state index contributed by atoms with van der Waals surface area (Å²) < 4.78 is 6.03. The average molecular weight is 573 g/mol. The first kappa shape index (κ1) is 26.2. The molecule has 0 radical (unpaired) electrons. The predicted octanol–water partition coefficient (Wildman–Crippen LogP) is 7.43. The fourth-order valence-corrected chi connectivity index (χ4v) is 9.79. The van der Waals surface area contributed by atoms with Crippen LogP contribution in [0, 0.1) is 52.3 Å². The molecule has 0 aromatic heterocycles. The second-order valence-electron chi connectivity index (χ2n) is 13.4. The smallest absolute Gasteiger partial charge is 0.316 e. The lowest BCUT2D eigenvalue weighted by atomic mass is 9.44. The molecular formula is C29H49IO3. The summed E-state index contributed by atoms with van der Waals surface area (Å²) in [4.78, 5) is 11.9. The first-order valence-electron chi connectivity index (χ1n) is 14.0. The molecule has 4 aliphatic carbocycles. The van der Waals surface area contributed by atoms with Crippen LogP contribution in [0.1, 0.15) is 105 Å². The number of alkyl halides is 1. The Morgan fingerprint density at radius 3 is 2.45 bits per heavy atom. The maximum absolute atomic E-state index is 11.9. The van der Waals surface area contributed by atoms with Gasteiger partial charge in [-0.05, 0) is 104 Å². The second-order valence-corrected chi connectivity index (χ2v) is 14.1. The van der Waals surface area contributed by atoms with Crippen molar-refractivity contribution in [3.05, 3.63) is 0 Å². The van der Waals surface area contributed by atoms with E-state index in [-0.39, 0.29) is 17.5 Å². The number of ether oxygens (including phenoxy) is 1. The molecule has 1 N–H and O–H groups in total. The number of aliphatic hydroxyl groups excluding tert-OH is 1. The van der Waals surface area contributed by atoms with Gasteiger partial charge in [0.1, 0.15) is 6.10 Å². The van der Waals surface area contributed by atoms with Crippen molar-refractivity contribution in [1.29, 1.82) is 0 Å². The lowest BCUT2D eigenvalue weighted by Crippen LogP contribution is -2.57. The number of fused-ring (bicyclic) bond motifs is 5. The molecule has 0 heterocycles. The molecule has 4 rings (SSSR count). The number of esters is 1. The Bertz CT molecular complexity index is 694. The van der Waals surface area contributed by atoms with Crippen LogP contribution in [0.15, 0.2) is 0 Å². The van der Waals surface area contributed by atoms with Gasteiger partial charge < -0.3 is 9.84 Å². The molecule has 33 heavy (non-hydrogen) atoms. The standard InChI is InChI=1S/C29H49IO3/c1-18(2)7-6-8-19(3)22-11-12-23-21-10-9-20-15-26(33-27(32)17-30)25(31)16-29(20,5)24(21)13-14-28(22,23)4/h18-26,31H,6-17H2,1-5H3/t19-,20+,21+,22-,23+,24+,25+,26-,28-,29+/m1/s1. The lowest BCUT2D eigenvalue weighted by Gasteiger charge is -2.61. The van der Waals surface area contributed by atoms with Crippen molar-refractivity contribution in [2.75, 3.05) is 4.43 Å². The van der Waals surface area contributed by atoms with Crippen LogP contribution in [0.4, 0.5) is 0 Å². The van der Waals surface area contributed by atoms with Crippen molar-refractivity contribution in [2.24, 2.45) is 52.3 Å². The van der Waals surface area contributed by atoms with Crippen molar-refractivity contribution >= 4 is 28.6 Å². The minimum Gasteiger partial charge on any atom is -0.459 e. The third-order valence-electron chi connectivity index (χ3n) is 11.3. The minimum atomic E-state index is -0.498. The number of hydrogen-bond acceptors (Lipinski definition) is 3. The third-order valence-corrected chi connectivity index (χ3v) is 11.9. The Balaban J connectivity index is 1.45. The summed E-state index contributed by atoms with van der Waals surface area (Å²) in [5.74, 6) is 5.43. The van der Waals surface area contributed by atoms with E-state index in [1.807, 2.05) is 0 Å². The minimum absolute atomic E-state index is 0.176. The van der Waals surface area contributed by atoms with E-state index in [4.69, 9.17) is 4.74 Å². The van der Waals surface area contributed by atoms with Gasteiger partial charge in [0.25, 0.3) is 0 Å². The summed E-state index contributed by atoms with van der Waals surface area (Å²) in [6, 6.07) is 0. The number of hydrogen-bond donors (Lipinski definition) is 1. The molecule has 0 aromatic carbocycles. The van der Waals surface area contributed by atoms with Crippen molar-refractivity contribution < 1.29 is 14.6 Å². The number of carbonyl (C=O) groups is 1. The summed E-state index contributed by atoms with van der Waals surface area (Å²) in [5, 5.41) is 11.0. The van der Waals surface area contributed by atoms with Gasteiger partial charge in [-0.3, -0.25) is 4.79 Å². The Kier molecular flexibility index (Phi) is 8.16. The Morgan fingerprint density at radius 2 is 1.76 bits per heavy atom. The van der Waals surface area contributed by atoms with Crippen LogP contribution in [-0.4, -0.2) is 27.7 Å². The number of rotatable bonds is 7. The van der Waals surface area contributed by atoms with Crippen molar-refractivity contribution in [3.8, 4) is 0 Å². The SMILES string of the molecule is CC(C)CCC[C@@H](C)[C@H]1CC[C@H]2[C@@H]3CC[C@H]4C[C@@H](OC(=O)CI)[C@@H](O)C[C@]4(C)[C@H]3CC[C@]12C. The summed E-state index contributed by atoms with van der Waals surface area (Å²) in [6.07, 6.45) is 13.2. The van der Waals surface area contributed by atoms with Gasteiger partial charge in [0.05, 0.1) is 10.5 Å². The van der Waals surface area contributed by atoms with Crippen LogP contribution in [0.3, 0.4) is 0 Å². The first-order valence-corrected chi connectivity index (χ1v) is 15.6. The topological polar surface area (TPSA) is 46.5 Å². The summed E-state index contributed by atoms with van der Waals surface area (Å²) in [7, 11) is 0. The van der Waals surface area contributed by atoms with Crippen molar-refractivity contribution in [3.63, 3.8) is 0 Å². The second kappa shape index (κ2) is 10.3.